The molecular weight excluding hydrogens is 114 g/mol. The van der Waals surface area contributed by atoms with Gasteiger partial charge in [0.05, 0.1) is 11.9 Å². The summed E-state index contributed by atoms with van der Waals surface area (Å²) in [6.45, 7) is 6.31. The molecule has 0 aliphatic carbocycles. The van der Waals surface area contributed by atoms with E-state index in [1.807, 2.05) is 0 Å². The first-order chi connectivity index (χ1) is 4.11. The van der Waals surface area contributed by atoms with E-state index in [1.54, 1.807) is 6.20 Å². The summed E-state index contributed by atoms with van der Waals surface area (Å²) >= 11 is 0. The molecule has 1 rings (SSSR count). The summed E-state index contributed by atoms with van der Waals surface area (Å²) in [5.74, 6) is 0. The maximum atomic E-state index is 3.95. The highest BCUT2D eigenvalue weighted by Gasteiger charge is 2.15. The number of rotatable bonds is 0. The van der Waals surface area contributed by atoms with Crippen molar-refractivity contribution in [3.8, 4) is 0 Å². The lowest BCUT2D eigenvalue weighted by Gasteiger charge is -2.12. The minimum atomic E-state index is 0. The molecule has 0 aliphatic rings. The number of aromatic nitrogens is 3. The molecule has 0 radical (unpaired) electrons. The molecule has 1 aromatic rings. The Morgan fingerprint density at radius 1 is 1.56 bits per heavy atom. The Labute approximate surface area is 56.0 Å². The number of H-pyrrole nitrogens is 1. The first kappa shape index (κ1) is 6.26. The van der Waals surface area contributed by atoms with E-state index in [4.69, 9.17) is 0 Å². The zero-order valence-corrected chi connectivity index (χ0v) is 5.97. The van der Waals surface area contributed by atoms with Gasteiger partial charge in [-0.2, -0.15) is 15.4 Å². The van der Waals surface area contributed by atoms with E-state index in [0.29, 0.717) is 0 Å². The van der Waals surface area contributed by atoms with E-state index in [9.17, 15) is 0 Å². The van der Waals surface area contributed by atoms with Gasteiger partial charge in [-0.3, -0.25) is 0 Å². The Bertz CT molecular complexity index is 175. The van der Waals surface area contributed by atoms with Crippen LogP contribution < -0.4 is 0 Å². The maximum Gasteiger partial charge on any atom is 0.0877 e. The van der Waals surface area contributed by atoms with Crippen molar-refractivity contribution in [3.05, 3.63) is 11.9 Å². The molecule has 0 amide bonds. The molecular formula is C6H13N3. The van der Waals surface area contributed by atoms with Gasteiger partial charge in [0.2, 0.25) is 0 Å². The van der Waals surface area contributed by atoms with Crippen LogP contribution in [0.1, 0.15) is 27.9 Å². The molecule has 0 spiro atoms. The minimum absolute atomic E-state index is 0. The zero-order valence-electron chi connectivity index (χ0n) is 5.97. The molecule has 0 saturated heterocycles. The predicted octanol–water partition coefficient (Wildman–Crippen LogP) is 1.35. The summed E-state index contributed by atoms with van der Waals surface area (Å²) < 4.78 is 0. The van der Waals surface area contributed by atoms with Gasteiger partial charge >= 0.3 is 0 Å². The fraction of sp³-hybridized carbons (Fsp3) is 0.667. The molecule has 3 heteroatoms. The van der Waals surface area contributed by atoms with Crippen LogP contribution in [0.15, 0.2) is 6.20 Å². The highest BCUT2D eigenvalue weighted by atomic mass is 15.3. The highest BCUT2D eigenvalue weighted by Crippen LogP contribution is 2.17. The first-order valence-corrected chi connectivity index (χ1v) is 2.97. The molecule has 0 fully saturated rings. The third-order valence-electron chi connectivity index (χ3n) is 1.18. The average molecular weight is 127 g/mol. The molecule has 0 aromatic carbocycles. The van der Waals surface area contributed by atoms with E-state index >= 15 is 0 Å². The summed E-state index contributed by atoms with van der Waals surface area (Å²) in [7, 11) is 0. The number of nitrogens with one attached hydrogen (secondary N) is 1. The van der Waals surface area contributed by atoms with E-state index in [0.717, 1.165) is 5.69 Å². The Balaban J connectivity index is 0.000000810. The molecule has 3 nitrogen and oxygen atoms in total. The van der Waals surface area contributed by atoms with Gasteiger partial charge < -0.3 is 0 Å². The van der Waals surface area contributed by atoms with Gasteiger partial charge in [-0.25, -0.2) is 0 Å². The largest absolute Gasteiger partial charge is 0.198 e. The quantitative estimate of drug-likeness (QED) is 0.571. The predicted molar refractivity (Wildman–Crippen MR) is 37.2 cm³/mol. The zero-order chi connectivity index (χ0) is 6.91. The molecule has 1 N–H and O–H groups in total. The van der Waals surface area contributed by atoms with E-state index in [-0.39, 0.29) is 6.84 Å². The molecule has 0 saturated carbocycles. The summed E-state index contributed by atoms with van der Waals surface area (Å²) in [5, 5.41) is 10.2. The molecule has 52 valence electrons. The molecule has 9 heavy (non-hydrogen) atoms. The number of aromatic amines is 1. The second kappa shape index (κ2) is 1.83. The Kier molecular flexibility index (Phi) is 1.27. The van der Waals surface area contributed by atoms with Crippen molar-refractivity contribution in [2.24, 2.45) is 0 Å². The summed E-state index contributed by atoms with van der Waals surface area (Å²) in [5.41, 5.74) is 1.12. The lowest BCUT2D eigenvalue weighted by Crippen LogP contribution is -2.11. The van der Waals surface area contributed by atoms with Crippen LogP contribution in [0.4, 0.5) is 0 Å². The van der Waals surface area contributed by atoms with Crippen LogP contribution in [0.3, 0.4) is 0 Å². The highest BCUT2D eigenvalue weighted by molar-refractivity contribution is 5.04. The number of hydrogen-bond donors (Lipinski definition) is 1. The van der Waals surface area contributed by atoms with Gasteiger partial charge in [0, 0.05) is 6.84 Å². The third kappa shape index (κ3) is 1.28. The standard InChI is InChI=1S/C6H11N3.H2/c1-6(2,3)5-4-7-9-8-5;/h4H,1-3H3,(H,7,8,9);1H. The lowest BCUT2D eigenvalue weighted by molar-refractivity contribution is 0.567. The summed E-state index contributed by atoms with van der Waals surface area (Å²) in [6, 6.07) is 0. The molecule has 1 aromatic heterocycles. The van der Waals surface area contributed by atoms with Crippen LogP contribution >= 0.6 is 0 Å². The van der Waals surface area contributed by atoms with Crippen molar-refractivity contribution in [1.29, 1.82) is 0 Å². The molecule has 0 bridgehead atoms. The fourth-order valence-electron chi connectivity index (χ4n) is 0.563. The van der Waals surface area contributed by atoms with Crippen LogP contribution in [0.2, 0.25) is 0 Å². The van der Waals surface area contributed by atoms with Gasteiger partial charge in [-0.15, -0.1) is 0 Å². The second-order valence-electron chi connectivity index (χ2n) is 3.11. The number of nitrogens with zero attached hydrogens (tertiary/aromatic N) is 2. The first-order valence-electron chi connectivity index (χ1n) is 2.97. The van der Waals surface area contributed by atoms with Gasteiger partial charge in [0.25, 0.3) is 0 Å². The smallest absolute Gasteiger partial charge is 0.0877 e. The van der Waals surface area contributed by atoms with Crippen molar-refractivity contribution in [3.63, 3.8) is 0 Å². The second-order valence-corrected chi connectivity index (χ2v) is 3.11. The SMILES string of the molecule is CC(C)(C)c1cn[nH]n1.[HH]. The van der Waals surface area contributed by atoms with Crippen LogP contribution in [-0.4, -0.2) is 15.4 Å². The third-order valence-corrected chi connectivity index (χ3v) is 1.18. The van der Waals surface area contributed by atoms with Crippen LogP contribution in [0.25, 0.3) is 0 Å². The normalized spacial score (nSPS) is 11.9. The van der Waals surface area contributed by atoms with Gasteiger partial charge in [-0.1, -0.05) is 20.8 Å². The van der Waals surface area contributed by atoms with Crippen molar-refractivity contribution in [2.75, 3.05) is 0 Å². The Morgan fingerprint density at radius 2 is 2.22 bits per heavy atom. The topological polar surface area (TPSA) is 41.6 Å². The van der Waals surface area contributed by atoms with Gasteiger partial charge in [0.1, 0.15) is 0 Å². The van der Waals surface area contributed by atoms with E-state index in [1.165, 1.54) is 0 Å². The minimum Gasteiger partial charge on any atom is -0.198 e. The molecule has 0 unspecified atom stereocenters. The van der Waals surface area contributed by atoms with Crippen molar-refractivity contribution < 1.29 is 1.43 Å². The Morgan fingerprint density at radius 3 is 2.44 bits per heavy atom. The summed E-state index contributed by atoms with van der Waals surface area (Å²) in [6.07, 6.45) is 1.75. The van der Waals surface area contributed by atoms with E-state index < -0.39 is 0 Å². The van der Waals surface area contributed by atoms with E-state index in [2.05, 4.69) is 36.2 Å². The van der Waals surface area contributed by atoms with Crippen molar-refractivity contribution in [2.45, 2.75) is 26.2 Å². The van der Waals surface area contributed by atoms with Crippen LogP contribution in [-0.2, 0) is 5.41 Å². The average Bonchev–Trinajstić information content (AvgIpc) is 2.08. The number of hydrogen-bond acceptors (Lipinski definition) is 2. The fourth-order valence-corrected chi connectivity index (χ4v) is 0.563. The summed E-state index contributed by atoms with van der Waals surface area (Å²) in [4.78, 5) is 0. The Hall–Kier alpha value is -0.860. The van der Waals surface area contributed by atoms with Gasteiger partial charge in [-0.05, 0) is 0 Å². The molecule has 1 heterocycles. The van der Waals surface area contributed by atoms with Crippen molar-refractivity contribution in [1.82, 2.24) is 15.4 Å². The van der Waals surface area contributed by atoms with Crippen LogP contribution in [0, 0.1) is 0 Å². The maximum absolute atomic E-state index is 3.95. The van der Waals surface area contributed by atoms with Crippen LogP contribution in [0.5, 0.6) is 0 Å². The lowest BCUT2D eigenvalue weighted by atomic mass is 9.93. The molecule has 0 atom stereocenters. The molecule has 0 aliphatic heterocycles. The monoisotopic (exact) mass is 127 g/mol. The van der Waals surface area contributed by atoms with Crippen molar-refractivity contribution >= 4 is 0 Å². The van der Waals surface area contributed by atoms with Gasteiger partial charge in [0.15, 0.2) is 0 Å².